The molecule has 46 heavy (non-hydrogen) atoms. The van der Waals surface area contributed by atoms with Crippen LogP contribution in [0.5, 0.6) is 0 Å². The lowest BCUT2D eigenvalue weighted by Gasteiger charge is -2.58. The monoisotopic (exact) mass is 664 g/mol. The smallest absolute Gasteiger partial charge is 0.132 e. The number of hydrogen-bond donors (Lipinski definition) is 4. The maximum atomic E-state index is 10.2. The largest absolute Gasteiger partial charge is 0.394 e. The summed E-state index contributed by atoms with van der Waals surface area (Å²) in [7, 11) is 0. The van der Waals surface area contributed by atoms with E-state index in [1.54, 1.807) is 5.57 Å². The molecule has 5 aliphatic rings. The minimum atomic E-state index is -1.29. The van der Waals surface area contributed by atoms with Gasteiger partial charge in [-0.25, -0.2) is 0 Å². The third kappa shape index (κ3) is 7.92. The molecule has 1 unspecified atom stereocenters. The molecule has 0 radical (unpaired) electrons. The van der Waals surface area contributed by atoms with E-state index in [0.717, 1.165) is 80.0 Å². The van der Waals surface area contributed by atoms with Crippen LogP contribution in [-0.4, -0.2) is 75.3 Å². The summed E-state index contributed by atoms with van der Waals surface area (Å²) in [5.74, 6) is 6.10. The Morgan fingerprint density at radius 3 is 2.43 bits per heavy atom. The molecule has 7 heteroatoms. The second-order valence-electron chi connectivity index (χ2n) is 17.0. The second kappa shape index (κ2) is 16.2. The van der Waals surface area contributed by atoms with E-state index in [4.69, 9.17) is 9.47 Å². The van der Waals surface area contributed by atoms with Crippen molar-refractivity contribution in [2.45, 2.75) is 167 Å². The van der Waals surface area contributed by atoms with Crippen LogP contribution in [0.1, 0.15) is 131 Å². The van der Waals surface area contributed by atoms with Crippen molar-refractivity contribution >= 4 is 11.8 Å². The number of rotatable bonds is 15. The summed E-state index contributed by atoms with van der Waals surface area (Å²) in [6.45, 7) is 13.1. The quantitative estimate of drug-likeness (QED) is 0.106. The minimum absolute atomic E-state index is 0.369. The average molecular weight is 665 g/mol. The number of allylic oxidation sites excluding steroid dienone is 1. The summed E-state index contributed by atoms with van der Waals surface area (Å²) < 4.78 is 12.1. The van der Waals surface area contributed by atoms with Gasteiger partial charge in [-0.15, -0.1) is 11.8 Å². The van der Waals surface area contributed by atoms with Crippen molar-refractivity contribution in [1.82, 2.24) is 0 Å². The number of aliphatic hydroxyl groups excluding tert-OH is 4. The maximum absolute atomic E-state index is 10.2. The highest BCUT2D eigenvalue weighted by Gasteiger charge is 2.59. The molecule has 1 saturated heterocycles. The van der Waals surface area contributed by atoms with Crippen molar-refractivity contribution in [2.75, 3.05) is 19.0 Å². The van der Waals surface area contributed by atoms with Gasteiger partial charge in [-0.05, 0) is 116 Å². The molecule has 3 saturated carbocycles. The zero-order chi connectivity index (χ0) is 33.1. The van der Waals surface area contributed by atoms with Gasteiger partial charge in [-0.2, -0.15) is 0 Å². The van der Waals surface area contributed by atoms with Crippen molar-refractivity contribution in [2.24, 2.45) is 46.3 Å². The van der Waals surface area contributed by atoms with E-state index in [1.807, 2.05) is 0 Å². The highest BCUT2D eigenvalue weighted by Crippen LogP contribution is 2.67. The van der Waals surface area contributed by atoms with Crippen molar-refractivity contribution in [3.8, 4) is 0 Å². The van der Waals surface area contributed by atoms with Crippen molar-refractivity contribution in [3.05, 3.63) is 11.6 Å². The lowest BCUT2D eigenvalue weighted by Crippen LogP contribution is -2.57. The van der Waals surface area contributed by atoms with Crippen molar-refractivity contribution < 1.29 is 29.9 Å². The number of hydrogen-bond acceptors (Lipinski definition) is 7. The molecule has 6 nitrogen and oxygen atoms in total. The molecule has 4 aliphatic carbocycles. The summed E-state index contributed by atoms with van der Waals surface area (Å²) in [6.07, 6.45) is 17.7. The van der Waals surface area contributed by atoms with E-state index in [0.29, 0.717) is 16.9 Å². The Hall–Kier alpha value is -0.150. The van der Waals surface area contributed by atoms with Crippen LogP contribution in [0.3, 0.4) is 0 Å². The van der Waals surface area contributed by atoms with Gasteiger partial charge >= 0.3 is 0 Å². The molecule has 13 atom stereocenters. The van der Waals surface area contributed by atoms with Gasteiger partial charge in [0.25, 0.3) is 0 Å². The molecule has 266 valence electrons. The molecule has 5 rings (SSSR count). The maximum Gasteiger partial charge on any atom is 0.132 e. The summed E-state index contributed by atoms with van der Waals surface area (Å²) >= 11 is 1.45. The van der Waals surface area contributed by atoms with E-state index in [-0.39, 0.29) is 6.61 Å². The van der Waals surface area contributed by atoms with Crippen LogP contribution < -0.4 is 0 Å². The molecule has 0 spiro atoms. The molecule has 4 N–H and O–H groups in total. The van der Waals surface area contributed by atoms with Crippen molar-refractivity contribution in [3.63, 3.8) is 0 Å². The highest BCUT2D eigenvalue weighted by atomic mass is 32.2. The lowest BCUT2D eigenvalue weighted by atomic mass is 9.47. The van der Waals surface area contributed by atoms with Crippen LogP contribution in [-0.2, 0) is 9.47 Å². The highest BCUT2D eigenvalue weighted by molar-refractivity contribution is 7.99. The standard InChI is InChI=1S/C39H68O6S/c1-25(2)11-10-12-26(3)30-15-16-31-29-14-13-27-23-28(17-19-38(27,4)32(29)18-20-39(30,31)5)44-21-8-6-7-9-22-46-37-36(43)35(42)34(41)33(24-40)45-37/h13,25-26,28-37,40-43H,6-12,14-24H2,1-5H3/t26-,28?,29+,30-,31+,32+,33-,34+,35+,36-,37+,38+,39-/m1/s1. The summed E-state index contributed by atoms with van der Waals surface area (Å²) in [5.41, 5.74) is 2.03. The summed E-state index contributed by atoms with van der Waals surface area (Å²) in [5, 5.41) is 39.5. The summed E-state index contributed by atoms with van der Waals surface area (Å²) in [6, 6.07) is 0. The molecule has 1 aliphatic heterocycles. The van der Waals surface area contributed by atoms with E-state index in [2.05, 4.69) is 40.7 Å². The Morgan fingerprint density at radius 1 is 0.891 bits per heavy atom. The SMILES string of the molecule is CC(C)CCC[C@@H](C)[C@H]1CC[C@H]2[C@@H]3CC=C4CC(OCCCCCCS[C@@H]5O[C@H](CO)[C@H](O)[C@H](O)[C@H]5O)CC[C@]4(C)[C@H]3CC[C@]12C. The Balaban J connectivity index is 1.02. The van der Waals surface area contributed by atoms with Gasteiger partial charge in [-0.1, -0.05) is 78.4 Å². The predicted octanol–water partition coefficient (Wildman–Crippen LogP) is 7.51. The molecular formula is C39H68O6S. The van der Waals surface area contributed by atoms with Gasteiger partial charge in [-0.3, -0.25) is 0 Å². The lowest BCUT2D eigenvalue weighted by molar-refractivity contribution is -0.205. The fraction of sp³-hybridized carbons (Fsp3) is 0.949. The zero-order valence-corrected chi connectivity index (χ0v) is 30.6. The predicted molar refractivity (Wildman–Crippen MR) is 187 cm³/mol. The van der Waals surface area contributed by atoms with E-state index < -0.39 is 29.9 Å². The van der Waals surface area contributed by atoms with Gasteiger partial charge in [0.2, 0.25) is 0 Å². The third-order valence-corrected chi connectivity index (χ3v) is 15.0. The first-order valence-electron chi connectivity index (χ1n) is 19.2. The zero-order valence-electron chi connectivity index (χ0n) is 29.7. The molecule has 0 aromatic rings. The molecule has 0 amide bonds. The van der Waals surface area contributed by atoms with Gasteiger partial charge in [0.15, 0.2) is 0 Å². The number of unbranched alkanes of at least 4 members (excludes halogenated alkanes) is 3. The molecule has 1 heterocycles. The van der Waals surface area contributed by atoms with Gasteiger partial charge in [0, 0.05) is 6.61 Å². The van der Waals surface area contributed by atoms with Crippen LogP contribution in [0.4, 0.5) is 0 Å². The Kier molecular flexibility index (Phi) is 13.1. The number of fused-ring (bicyclic) bond motifs is 5. The van der Waals surface area contributed by atoms with E-state index in [9.17, 15) is 20.4 Å². The number of ether oxygens (including phenoxy) is 2. The Morgan fingerprint density at radius 2 is 1.67 bits per heavy atom. The first-order valence-corrected chi connectivity index (χ1v) is 20.3. The topological polar surface area (TPSA) is 99.4 Å². The Bertz CT molecular complexity index is 988. The molecule has 0 bridgehead atoms. The van der Waals surface area contributed by atoms with Gasteiger partial charge in [0.1, 0.15) is 29.9 Å². The van der Waals surface area contributed by atoms with Crippen LogP contribution in [0.15, 0.2) is 11.6 Å². The fourth-order valence-electron chi connectivity index (χ4n) is 11.0. The first-order chi connectivity index (χ1) is 22.0. The third-order valence-electron chi connectivity index (χ3n) is 13.8. The van der Waals surface area contributed by atoms with Crippen LogP contribution >= 0.6 is 11.8 Å². The van der Waals surface area contributed by atoms with Crippen LogP contribution in [0.25, 0.3) is 0 Å². The Labute approximate surface area is 284 Å². The molecule has 0 aromatic heterocycles. The van der Waals surface area contributed by atoms with Crippen LogP contribution in [0, 0.1) is 46.3 Å². The van der Waals surface area contributed by atoms with E-state index in [1.165, 1.54) is 76.0 Å². The molecule has 4 fully saturated rings. The van der Waals surface area contributed by atoms with Crippen LogP contribution in [0.2, 0.25) is 0 Å². The first kappa shape index (κ1) is 37.1. The molecule has 0 aromatic carbocycles. The van der Waals surface area contributed by atoms with Gasteiger partial charge < -0.3 is 29.9 Å². The fourth-order valence-corrected chi connectivity index (χ4v) is 12.2. The normalized spacial score (nSPS) is 43.1. The average Bonchev–Trinajstić information content (AvgIpc) is 3.39. The number of thioether (sulfide) groups is 1. The minimum Gasteiger partial charge on any atom is -0.394 e. The second-order valence-corrected chi connectivity index (χ2v) is 18.2. The van der Waals surface area contributed by atoms with E-state index >= 15 is 0 Å². The van der Waals surface area contributed by atoms with Crippen molar-refractivity contribution in [1.29, 1.82) is 0 Å². The van der Waals surface area contributed by atoms with Gasteiger partial charge in [0.05, 0.1) is 12.7 Å². The molecular weight excluding hydrogens is 596 g/mol. The summed E-state index contributed by atoms with van der Waals surface area (Å²) in [4.78, 5) is 0. The number of aliphatic hydroxyl groups is 4.